The maximum absolute atomic E-state index is 6.25. The molecule has 1 aromatic carbocycles. The van der Waals surface area contributed by atoms with Crippen LogP contribution in [0.5, 0.6) is 0 Å². The first kappa shape index (κ1) is 14.1. The quantitative estimate of drug-likeness (QED) is 0.922. The van der Waals surface area contributed by atoms with E-state index in [1.807, 2.05) is 35.9 Å². The van der Waals surface area contributed by atoms with Gasteiger partial charge in [-0.3, -0.25) is 0 Å². The van der Waals surface area contributed by atoms with Crippen LogP contribution in [0, 0.1) is 12.8 Å². The Hall–Kier alpha value is -1.32. The van der Waals surface area contributed by atoms with Gasteiger partial charge in [-0.15, -0.1) is 0 Å². The summed E-state index contributed by atoms with van der Waals surface area (Å²) in [7, 11) is 0. The molecule has 1 unspecified atom stereocenters. The van der Waals surface area contributed by atoms with E-state index < -0.39 is 0 Å². The van der Waals surface area contributed by atoms with E-state index >= 15 is 0 Å². The van der Waals surface area contributed by atoms with Crippen LogP contribution in [-0.2, 0) is 0 Å². The molecule has 0 aliphatic rings. The van der Waals surface area contributed by atoms with Crippen LogP contribution in [0.25, 0.3) is 5.69 Å². The third-order valence-corrected chi connectivity index (χ3v) is 3.61. The molecular weight excluding hydrogens is 258 g/mol. The number of halogens is 1. The van der Waals surface area contributed by atoms with Crippen LogP contribution in [0.4, 0.5) is 0 Å². The molecule has 1 atom stereocenters. The van der Waals surface area contributed by atoms with E-state index in [9.17, 15) is 0 Å². The van der Waals surface area contributed by atoms with Gasteiger partial charge in [0.25, 0.3) is 0 Å². The van der Waals surface area contributed by atoms with Gasteiger partial charge < -0.3 is 10.3 Å². The zero-order chi connectivity index (χ0) is 14.0. The number of imidazole rings is 1. The van der Waals surface area contributed by atoms with Gasteiger partial charge in [0.15, 0.2) is 0 Å². The van der Waals surface area contributed by atoms with Crippen LogP contribution in [0.1, 0.15) is 37.6 Å². The molecule has 0 saturated carbocycles. The first-order valence-corrected chi connectivity index (χ1v) is 6.91. The largest absolute Gasteiger partial charge is 0.323 e. The third kappa shape index (κ3) is 3.17. The first-order valence-electron chi connectivity index (χ1n) is 6.53. The molecule has 0 radical (unpaired) electrons. The number of aromatic nitrogens is 2. The van der Waals surface area contributed by atoms with Gasteiger partial charge in [-0.1, -0.05) is 31.5 Å². The van der Waals surface area contributed by atoms with Gasteiger partial charge >= 0.3 is 0 Å². The minimum atomic E-state index is -0.0115. The molecule has 2 rings (SSSR count). The molecular formula is C15H20ClN3. The Morgan fingerprint density at radius 3 is 2.74 bits per heavy atom. The monoisotopic (exact) mass is 277 g/mol. The fourth-order valence-electron chi connectivity index (χ4n) is 2.16. The summed E-state index contributed by atoms with van der Waals surface area (Å²) < 4.78 is 2.01. The van der Waals surface area contributed by atoms with Crippen LogP contribution in [0.2, 0.25) is 5.02 Å². The van der Waals surface area contributed by atoms with E-state index in [0.717, 1.165) is 28.4 Å². The summed E-state index contributed by atoms with van der Waals surface area (Å²) in [5, 5.41) is 0.759. The number of rotatable bonds is 4. The van der Waals surface area contributed by atoms with Crippen molar-refractivity contribution in [3.8, 4) is 5.69 Å². The lowest BCUT2D eigenvalue weighted by Gasteiger charge is -2.17. The second-order valence-corrected chi connectivity index (χ2v) is 5.77. The van der Waals surface area contributed by atoms with Crippen LogP contribution in [0.15, 0.2) is 30.7 Å². The fraction of sp³-hybridized carbons (Fsp3) is 0.400. The number of benzene rings is 1. The van der Waals surface area contributed by atoms with E-state index in [1.165, 1.54) is 0 Å². The summed E-state index contributed by atoms with van der Waals surface area (Å²) in [4.78, 5) is 4.22. The van der Waals surface area contributed by atoms with Crippen LogP contribution >= 0.6 is 11.6 Å². The Balaban J connectivity index is 2.35. The molecule has 2 N–H and O–H groups in total. The molecule has 4 heteroatoms. The smallest absolute Gasteiger partial charge is 0.0994 e. The van der Waals surface area contributed by atoms with E-state index in [-0.39, 0.29) is 6.04 Å². The summed E-state index contributed by atoms with van der Waals surface area (Å²) in [5.74, 6) is 0.556. The zero-order valence-corrected chi connectivity index (χ0v) is 12.4. The highest BCUT2D eigenvalue weighted by atomic mass is 35.5. The highest BCUT2D eigenvalue weighted by Gasteiger charge is 2.14. The topological polar surface area (TPSA) is 43.8 Å². The lowest BCUT2D eigenvalue weighted by Crippen LogP contribution is -2.16. The number of nitrogens with two attached hydrogens (primary N) is 1. The van der Waals surface area contributed by atoms with Crippen LogP contribution < -0.4 is 5.73 Å². The molecule has 102 valence electrons. The molecule has 0 spiro atoms. The van der Waals surface area contributed by atoms with Gasteiger partial charge in [0.2, 0.25) is 0 Å². The Bertz CT molecular complexity index is 560. The number of aryl methyl sites for hydroxylation is 1. The summed E-state index contributed by atoms with van der Waals surface area (Å²) in [6.07, 6.45) is 4.56. The van der Waals surface area contributed by atoms with E-state index in [1.54, 1.807) is 6.33 Å². The third-order valence-electron chi connectivity index (χ3n) is 3.21. The zero-order valence-electron chi connectivity index (χ0n) is 11.6. The lowest BCUT2D eigenvalue weighted by molar-refractivity contribution is 0.498. The van der Waals surface area contributed by atoms with Crippen molar-refractivity contribution >= 4 is 11.6 Å². The minimum absolute atomic E-state index is 0.0115. The van der Waals surface area contributed by atoms with Gasteiger partial charge in [-0.25, -0.2) is 4.98 Å². The maximum Gasteiger partial charge on any atom is 0.0994 e. The summed E-state index contributed by atoms with van der Waals surface area (Å²) >= 11 is 6.18. The Morgan fingerprint density at radius 1 is 1.37 bits per heavy atom. The molecule has 0 bridgehead atoms. The highest BCUT2D eigenvalue weighted by Crippen LogP contribution is 2.24. The van der Waals surface area contributed by atoms with Gasteiger partial charge in [0.1, 0.15) is 0 Å². The standard InChI is InChI=1S/C15H20ClN3/c1-10(2)6-14(17)15-8-18-9-19(15)12-5-4-11(3)13(16)7-12/h4-5,7-10,14H,6,17H2,1-3H3. The molecule has 19 heavy (non-hydrogen) atoms. The van der Waals surface area contributed by atoms with Crippen molar-refractivity contribution in [1.29, 1.82) is 0 Å². The van der Waals surface area contributed by atoms with Crippen LogP contribution in [0.3, 0.4) is 0 Å². The van der Waals surface area contributed by atoms with E-state index in [4.69, 9.17) is 17.3 Å². The predicted octanol–water partition coefficient (Wildman–Crippen LogP) is 3.88. The first-order chi connectivity index (χ1) is 8.99. The molecule has 2 aromatic rings. The van der Waals surface area contributed by atoms with E-state index in [0.29, 0.717) is 5.92 Å². The van der Waals surface area contributed by atoms with Gasteiger partial charge in [-0.05, 0) is 37.0 Å². The average molecular weight is 278 g/mol. The SMILES string of the molecule is Cc1ccc(-n2cncc2C(N)CC(C)C)cc1Cl. The lowest BCUT2D eigenvalue weighted by atomic mass is 10.0. The second-order valence-electron chi connectivity index (χ2n) is 5.36. The van der Waals surface area contributed by atoms with Crippen molar-refractivity contribution in [3.05, 3.63) is 47.0 Å². The molecule has 0 amide bonds. The van der Waals surface area contributed by atoms with Crippen molar-refractivity contribution in [2.24, 2.45) is 11.7 Å². The fourth-order valence-corrected chi connectivity index (χ4v) is 2.33. The van der Waals surface area contributed by atoms with Crippen molar-refractivity contribution in [2.75, 3.05) is 0 Å². The molecule has 0 saturated heterocycles. The molecule has 0 fully saturated rings. The number of nitrogens with zero attached hydrogens (tertiary/aromatic N) is 2. The highest BCUT2D eigenvalue weighted by molar-refractivity contribution is 6.31. The normalized spacial score (nSPS) is 12.9. The number of hydrogen-bond donors (Lipinski definition) is 1. The Labute approximate surface area is 119 Å². The van der Waals surface area contributed by atoms with Crippen molar-refractivity contribution in [1.82, 2.24) is 9.55 Å². The summed E-state index contributed by atoms with van der Waals surface area (Å²) in [6.45, 7) is 6.33. The molecule has 0 aliphatic carbocycles. The Morgan fingerprint density at radius 2 is 2.11 bits per heavy atom. The number of hydrogen-bond acceptors (Lipinski definition) is 2. The average Bonchev–Trinajstić information content (AvgIpc) is 2.81. The Kier molecular flexibility index (Phi) is 4.27. The molecule has 3 nitrogen and oxygen atoms in total. The molecule has 0 aliphatic heterocycles. The van der Waals surface area contributed by atoms with Gasteiger partial charge in [0.05, 0.1) is 18.2 Å². The maximum atomic E-state index is 6.25. The predicted molar refractivity (Wildman–Crippen MR) is 79.7 cm³/mol. The summed E-state index contributed by atoms with van der Waals surface area (Å²) in [5.41, 5.74) is 9.34. The summed E-state index contributed by atoms with van der Waals surface area (Å²) in [6, 6.07) is 5.98. The van der Waals surface area contributed by atoms with Gasteiger partial charge in [-0.2, -0.15) is 0 Å². The van der Waals surface area contributed by atoms with E-state index in [2.05, 4.69) is 18.8 Å². The molecule has 1 heterocycles. The second kappa shape index (κ2) is 5.76. The van der Waals surface area contributed by atoms with Crippen molar-refractivity contribution in [2.45, 2.75) is 33.2 Å². The van der Waals surface area contributed by atoms with Crippen molar-refractivity contribution in [3.63, 3.8) is 0 Å². The van der Waals surface area contributed by atoms with Crippen LogP contribution in [-0.4, -0.2) is 9.55 Å². The van der Waals surface area contributed by atoms with Gasteiger partial charge in [0, 0.05) is 16.8 Å². The minimum Gasteiger partial charge on any atom is -0.323 e. The molecule has 1 aromatic heterocycles. The van der Waals surface area contributed by atoms with Crippen molar-refractivity contribution < 1.29 is 0 Å².